The lowest BCUT2D eigenvalue weighted by Gasteiger charge is -2.17. The number of benzene rings is 2. The summed E-state index contributed by atoms with van der Waals surface area (Å²) in [5.41, 5.74) is 2.59. The van der Waals surface area contributed by atoms with Gasteiger partial charge in [0.1, 0.15) is 5.82 Å². The molecule has 1 heterocycles. The van der Waals surface area contributed by atoms with Crippen LogP contribution >= 0.6 is 0 Å². The quantitative estimate of drug-likeness (QED) is 0.446. The number of ether oxygens (including phenoxy) is 3. The third-order valence-corrected chi connectivity index (χ3v) is 4.99. The first-order valence-electron chi connectivity index (χ1n) is 11.4. The number of carbonyl (C=O) groups excluding carboxylic acids is 1. The zero-order valence-electron chi connectivity index (χ0n) is 19.4. The second kappa shape index (κ2) is 11.4. The van der Waals surface area contributed by atoms with Gasteiger partial charge in [-0.25, -0.2) is 4.98 Å². The largest absolute Gasteiger partial charge is 0.490 e. The molecule has 0 saturated carbocycles. The number of aromatic nitrogens is 2. The van der Waals surface area contributed by atoms with Gasteiger partial charge in [-0.1, -0.05) is 19.1 Å². The second-order valence-corrected chi connectivity index (χ2v) is 7.27. The van der Waals surface area contributed by atoms with Crippen LogP contribution in [0.25, 0.3) is 11.0 Å². The molecule has 1 N–H and O–H groups in total. The molecule has 0 radical (unpaired) electrons. The fraction of sp³-hybridized carbons (Fsp3) is 0.440. The predicted molar refractivity (Wildman–Crippen MR) is 126 cm³/mol. The summed E-state index contributed by atoms with van der Waals surface area (Å²) < 4.78 is 19.4. The number of aryl methyl sites for hydroxylation is 1. The highest BCUT2D eigenvalue weighted by Gasteiger charge is 2.18. The average Bonchev–Trinajstić information content (AvgIpc) is 3.13. The molecule has 0 saturated heterocycles. The molecule has 0 aliphatic carbocycles. The Balaban J connectivity index is 1.76. The van der Waals surface area contributed by atoms with E-state index in [9.17, 15) is 4.79 Å². The number of nitrogens with zero attached hydrogens (tertiary/aromatic N) is 2. The van der Waals surface area contributed by atoms with Gasteiger partial charge in [0, 0.05) is 25.1 Å². The van der Waals surface area contributed by atoms with E-state index in [1.54, 1.807) is 12.1 Å². The zero-order chi connectivity index (χ0) is 22.9. The van der Waals surface area contributed by atoms with Gasteiger partial charge < -0.3 is 24.1 Å². The SMILES string of the molecule is CCCn1c(CCNC(=O)c2cc(OCC)c(OCC)c(OCC)c2)nc2ccccc21. The maximum Gasteiger partial charge on any atom is 0.251 e. The van der Waals surface area contributed by atoms with Crippen LogP contribution in [-0.2, 0) is 13.0 Å². The van der Waals surface area contributed by atoms with E-state index in [1.165, 1.54) is 0 Å². The third-order valence-electron chi connectivity index (χ3n) is 4.99. The van der Waals surface area contributed by atoms with E-state index in [1.807, 2.05) is 39.0 Å². The summed E-state index contributed by atoms with van der Waals surface area (Å²) in [4.78, 5) is 17.7. The van der Waals surface area contributed by atoms with Crippen molar-refractivity contribution in [1.82, 2.24) is 14.9 Å². The Morgan fingerprint density at radius 1 is 0.969 bits per heavy atom. The molecule has 3 rings (SSSR count). The number of rotatable bonds is 12. The van der Waals surface area contributed by atoms with Crippen molar-refractivity contribution >= 4 is 16.9 Å². The summed E-state index contributed by atoms with van der Waals surface area (Å²) in [6.07, 6.45) is 1.67. The van der Waals surface area contributed by atoms with Crippen LogP contribution in [0.2, 0.25) is 0 Å². The Bertz CT molecular complexity index is 1020. The van der Waals surface area contributed by atoms with Crippen molar-refractivity contribution < 1.29 is 19.0 Å². The van der Waals surface area contributed by atoms with Crippen LogP contribution < -0.4 is 19.5 Å². The second-order valence-electron chi connectivity index (χ2n) is 7.27. The van der Waals surface area contributed by atoms with Gasteiger partial charge in [0.05, 0.1) is 30.9 Å². The molecule has 0 aliphatic heterocycles. The van der Waals surface area contributed by atoms with Crippen molar-refractivity contribution in [3.63, 3.8) is 0 Å². The molecule has 32 heavy (non-hydrogen) atoms. The van der Waals surface area contributed by atoms with Crippen molar-refractivity contribution in [2.24, 2.45) is 0 Å². The smallest absolute Gasteiger partial charge is 0.251 e. The van der Waals surface area contributed by atoms with Crippen molar-refractivity contribution in [3.05, 3.63) is 47.8 Å². The number of fused-ring (bicyclic) bond motifs is 1. The molecule has 0 aliphatic rings. The number of hydrogen-bond donors (Lipinski definition) is 1. The maximum absolute atomic E-state index is 12.9. The van der Waals surface area contributed by atoms with Crippen LogP contribution in [-0.4, -0.2) is 41.8 Å². The van der Waals surface area contributed by atoms with Crippen LogP contribution in [0.4, 0.5) is 0 Å². The van der Waals surface area contributed by atoms with Crippen molar-refractivity contribution in [2.75, 3.05) is 26.4 Å². The normalized spacial score (nSPS) is 10.9. The van der Waals surface area contributed by atoms with Gasteiger partial charge in [0.15, 0.2) is 11.5 Å². The van der Waals surface area contributed by atoms with Crippen LogP contribution in [0.1, 0.15) is 50.3 Å². The highest BCUT2D eigenvalue weighted by molar-refractivity contribution is 5.95. The van der Waals surface area contributed by atoms with E-state index in [0.29, 0.717) is 55.6 Å². The molecule has 0 spiro atoms. The van der Waals surface area contributed by atoms with Gasteiger partial charge in [-0.2, -0.15) is 0 Å². The van der Waals surface area contributed by atoms with E-state index >= 15 is 0 Å². The van der Waals surface area contributed by atoms with Crippen molar-refractivity contribution in [3.8, 4) is 17.2 Å². The van der Waals surface area contributed by atoms with E-state index in [0.717, 1.165) is 29.8 Å². The van der Waals surface area contributed by atoms with E-state index < -0.39 is 0 Å². The zero-order valence-corrected chi connectivity index (χ0v) is 19.4. The summed E-state index contributed by atoms with van der Waals surface area (Å²) in [5, 5.41) is 3.01. The summed E-state index contributed by atoms with van der Waals surface area (Å²) >= 11 is 0. The summed E-state index contributed by atoms with van der Waals surface area (Å²) in [6, 6.07) is 11.5. The lowest BCUT2D eigenvalue weighted by atomic mass is 10.1. The lowest BCUT2D eigenvalue weighted by molar-refractivity contribution is 0.0952. The standard InChI is InChI=1S/C25H33N3O4/c1-5-15-28-20-12-10-9-11-19(20)27-23(28)13-14-26-25(29)18-16-21(30-6-2)24(32-8-4)22(17-18)31-7-3/h9-12,16-17H,5-8,13-15H2,1-4H3,(H,26,29). The average molecular weight is 440 g/mol. The van der Waals surface area contributed by atoms with Gasteiger partial charge in [-0.05, 0) is 51.5 Å². The molecule has 0 atom stereocenters. The number of nitrogens with one attached hydrogen (secondary N) is 1. The Morgan fingerprint density at radius 3 is 2.25 bits per heavy atom. The number of hydrogen-bond acceptors (Lipinski definition) is 5. The number of para-hydroxylation sites is 2. The number of imidazole rings is 1. The molecule has 172 valence electrons. The van der Waals surface area contributed by atoms with Crippen molar-refractivity contribution in [1.29, 1.82) is 0 Å². The van der Waals surface area contributed by atoms with Gasteiger partial charge >= 0.3 is 0 Å². The summed E-state index contributed by atoms with van der Waals surface area (Å²) in [7, 11) is 0. The fourth-order valence-corrected chi connectivity index (χ4v) is 3.70. The molecule has 1 amide bonds. The number of amides is 1. The molecule has 1 aromatic heterocycles. The summed E-state index contributed by atoms with van der Waals surface area (Å²) in [6.45, 7) is 10.6. The Morgan fingerprint density at radius 2 is 1.62 bits per heavy atom. The van der Waals surface area contributed by atoms with Crippen LogP contribution in [0, 0.1) is 0 Å². The molecule has 2 aromatic carbocycles. The van der Waals surface area contributed by atoms with Crippen LogP contribution in [0.15, 0.2) is 36.4 Å². The Kier molecular flexibility index (Phi) is 8.36. The predicted octanol–water partition coefficient (Wildman–Crippen LogP) is 4.61. The first kappa shape index (κ1) is 23.4. The van der Waals surface area contributed by atoms with Crippen LogP contribution in [0.5, 0.6) is 17.2 Å². The highest BCUT2D eigenvalue weighted by Crippen LogP contribution is 2.39. The van der Waals surface area contributed by atoms with Crippen LogP contribution in [0.3, 0.4) is 0 Å². The van der Waals surface area contributed by atoms with Gasteiger partial charge in [0.25, 0.3) is 5.91 Å². The molecule has 0 unspecified atom stereocenters. The molecule has 7 heteroatoms. The minimum Gasteiger partial charge on any atom is -0.490 e. The minimum atomic E-state index is -0.187. The third kappa shape index (κ3) is 5.33. The first-order valence-corrected chi connectivity index (χ1v) is 11.4. The Labute approximate surface area is 189 Å². The van der Waals surface area contributed by atoms with E-state index in [4.69, 9.17) is 19.2 Å². The van der Waals surface area contributed by atoms with Gasteiger partial charge in [-0.15, -0.1) is 0 Å². The topological polar surface area (TPSA) is 74.6 Å². The first-order chi connectivity index (χ1) is 15.6. The van der Waals surface area contributed by atoms with Gasteiger partial charge in [0.2, 0.25) is 5.75 Å². The summed E-state index contributed by atoms with van der Waals surface area (Å²) in [5.74, 6) is 2.34. The monoisotopic (exact) mass is 439 g/mol. The fourth-order valence-electron chi connectivity index (χ4n) is 3.70. The maximum atomic E-state index is 12.9. The molecule has 7 nitrogen and oxygen atoms in total. The van der Waals surface area contributed by atoms with E-state index in [-0.39, 0.29) is 5.91 Å². The minimum absolute atomic E-state index is 0.187. The Hall–Kier alpha value is -3.22. The molecule has 0 bridgehead atoms. The number of carbonyl (C=O) groups is 1. The van der Waals surface area contributed by atoms with Gasteiger partial charge in [-0.3, -0.25) is 4.79 Å². The molecular weight excluding hydrogens is 406 g/mol. The molecular formula is C25H33N3O4. The van der Waals surface area contributed by atoms with Crippen molar-refractivity contribution in [2.45, 2.75) is 47.1 Å². The molecule has 0 fully saturated rings. The highest BCUT2D eigenvalue weighted by atomic mass is 16.5. The molecule has 3 aromatic rings. The van der Waals surface area contributed by atoms with E-state index in [2.05, 4.69) is 22.9 Å². The lowest BCUT2D eigenvalue weighted by Crippen LogP contribution is -2.26.